The zero-order chi connectivity index (χ0) is 29.1. The molecule has 4 bridgehead atoms. The standard InChI is InChI=1S/C26H23F6N3O5/c1-15-9-5-4-8-12-24(26(30,31)32,38-14-16-10-6-3-7-11-16)23-35-34-21(40-23)19-17(22(36)37-2)13-18(25(27,28)29)20(33-19)39-15/h3-7,10-11,13,15H,8-9,12,14H2,1-2H3/t15-,24-/m1/s1. The summed E-state index contributed by atoms with van der Waals surface area (Å²) in [5, 5.41) is 7.18. The molecule has 214 valence electrons. The number of carbonyl (C=O) groups excluding carboxylic acids is 1. The van der Waals surface area contributed by atoms with Crippen LogP contribution in [0, 0.1) is 0 Å². The molecule has 3 aromatic rings. The topological polar surface area (TPSA) is 96.6 Å². The number of halogens is 6. The van der Waals surface area contributed by atoms with E-state index < -0.39 is 77.5 Å². The molecule has 0 saturated carbocycles. The predicted octanol–water partition coefficient (Wildman–Crippen LogP) is 6.42. The van der Waals surface area contributed by atoms with E-state index in [-0.39, 0.29) is 12.8 Å². The van der Waals surface area contributed by atoms with Gasteiger partial charge in [0.25, 0.3) is 11.8 Å². The van der Waals surface area contributed by atoms with Crippen molar-refractivity contribution in [3.63, 3.8) is 0 Å². The summed E-state index contributed by atoms with van der Waals surface area (Å²) in [7, 11) is 0.912. The van der Waals surface area contributed by atoms with Crippen LogP contribution in [0.15, 0.2) is 53.0 Å². The molecule has 1 aromatic carbocycles. The molecule has 2 atom stereocenters. The second-order valence-corrected chi connectivity index (χ2v) is 8.91. The SMILES string of the molecule is COC(=O)c1cc(C(F)(F)F)c2nc1-c1nnc(o1)[C@@](OCc1ccccc1)(C(F)(F)F)CCC=CC[C@@H](C)O2. The lowest BCUT2D eigenvalue weighted by Crippen LogP contribution is -2.45. The largest absolute Gasteiger partial charge is 0.474 e. The number of alkyl halides is 6. The number of hydrogen-bond donors (Lipinski definition) is 0. The molecular weight excluding hydrogens is 548 g/mol. The molecule has 8 nitrogen and oxygen atoms in total. The molecule has 14 heteroatoms. The minimum atomic E-state index is -5.06. The lowest BCUT2D eigenvalue weighted by atomic mass is 9.95. The lowest BCUT2D eigenvalue weighted by molar-refractivity contribution is -0.299. The number of ether oxygens (including phenoxy) is 3. The lowest BCUT2D eigenvalue weighted by Gasteiger charge is -2.32. The molecule has 0 N–H and O–H groups in total. The highest BCUT2D eigenvalue weighted by Crippen LogP contribution is 2.47. The van der Waals surface area contributed by atoms with Gasteiger partial charge in [-0.05, 0) is 31.4 Å². The summed E-state index contributed by atoms with van der Waals surface area (Å²) >= 11 is 0. The number of methoxy groups -OCH3 is 1. The van der Waals surface area contributed by atoms with E-state index in [1.165, 1.54) is 19.1 Å². The fraction of sp³-hybridized carbons (Fsp3) is 0.385. The van der Waals surface area contributed by atoms with Crippen molar-refractivity contribution >= 4 is 5.97 Å². The van der Waals surface area contributed by atoms with Crippen molar-refractivity contribution in [2.24, 2.45) is 0 Å². The smallest absolute Gasteiger partial charge is 0.426 e. The molecule has 1 aliphatic heterocycles. The molecule has 0 spiro atoms. The van der Waals surface area contributed by atoms with Gasteiger partial charge in [0.05, 0.1) is 19.3 Å². The molecule has 0 unspecified atom stereocenters. The highest BCUT2D eigenvalue weighted by molar-refractivity contribution is 5.95. The number of allylic oxidation sites excluding steroid dienone is 1. The van der Waals surface area contributed by atoms with E-state index in [9.17, 15) is 31.1 Å². The number of fused-ring (bicyclic) bond motifs is 5. The third-order valence-corrected chi connectivity index (χ3v) is 6.07. The van der Waals surface area contributed by atoms with Gasteiger partial charge in [-0.25, -0.2) is 9.78 Å². The van der Waals surface area contributed by atoms with Crippen LogP contribution < -0.4 is 4.74 Å². The molecule has 4 rings (SSSR count). The zero-order valence-corrected chi connectivity index (χ0v) is 21.2. The summed E-state index contributed by atoms with van der Waals surface area (Å²) < 4.78 is 107. The average molecular weight is 571 g/mol. The van der Waals surface area contributed by atoms with E-state index in [1.807, 2.05) is 0 Å². The van der Waals surface area contributed by atoms with E-state index in [0.29, 0.717) is 11.6 Å². The van der Waals surface area contributed by atoms with Gasteiger partial charge in [0, 0.05) is 6.42 Å². The Bertz CT molecular complexity index is 1370. The van der Waals surface area contributed by atoms with Crippen LogP contribution in [0.2, 0.25) is 0 Å². The van der Waals surface area contributed by atoms with Crippen LogP contribution in [0.1, 0.15) is 53.6 Å². The molecule has 3 heterocycles. The first-order valence-corrected chi connectivity index (χ1v) is 12.0. The van der Waals surface area contributed by atoms with Gasteiger partial charge in [-0.2, -0.15) is 26.3 Å². The van der Waals surface area contributed by atoms with Crippen LogP contribution in [0.5, 0.6) is 5.88 Å². The van der Waals surface area contributed by atoms with Crippen LogP contribution >= 0.6 is 0 Å². The van der Waals surface area contributed by atoms with Crippen molar-refractivity contribution < 1.29 is 49.8 Å². The summed E-state index contributed by atoms with van der Waals surface area (Å²) in [5.41, 5.74) is -5.46. The predicted molar refractivity (Wildman–Crippen MR) is 126 cm³/mol. The summed E-state index contributed by atoms with van der Waals surface area (Å²) in [6.45, 7) is 0.989. The van der Waals surface area contributed by atoms with Gasteiger partial charge in [0.1, 0.15) is 17.4 Å². The quantitative estimate of drug-likeness (QED) is 0.201. The number of hydrogen-bond acceptors (Lipinski definition) is 8. The Kier molecular flexibility index (Phi) is 8.19. The summed E-state index contributed by atoms with van der Waals surface area (Å²) in [4.78, 5) is 16.2. The van der Waals surface area contributed by atoms with Gasteiger partial charge in [-0.3, -0.25) is 0 Å². The van der Waals surface area contributed by atoms with Crippen molar-refractivity contribution in [1.82, 2.24) is 15.2 Å². The number of esters is 1. The summed E-state index contributed by atoms with van der Waals surface area (Å²) in [6, 6.07) is 8.52. The molecule has 0 saturated heterocycles. The van der Waals surface area contributed by atoms with E-state index in [1.54, 1.807) is 30.3 Å². The summed E-state index contributed by atoms with van der Waals surface area (Å²) in [6.07, 6.45) is -8.79. The first-order valence-electron chi connectivity index (χ1n) is 12.0. The van der Waals surface area contributed by atoms with Crippen LogP contribution in [0.3, 0.4) is 0 Å². The van der Waals surface area contributed by atoms with Crippen LogP contribution in [-0.2, 0) is 27.9 Å². The van der Waals surface area contributed by atoms with Crippen LogP contribution in [0.4, 0.5) is 26.3 Å². The maximum atomic E-state index is 14.8. The Hall–Kier alpha value is -3.94. The van der Waals surface area contributed by atoms with Crippen LogP contribution in [-0.4, -0.2) is 40.5 Å². The molecule has 0 aliphatic carbocycles. The second-order valence-electron chi connectivity index (χ2n) is 8.91. The van der Waals surface area contributed by atoms with Crippen molar-refractivity contribution in [3.8, 4) is 17.5 Å². The maximum absolute atomic E-state index is 14.8. The Morgan fingerprint density at radius 3 is 2.48 bits per heavy atom. The Morgan fingerprint density at radius 2 is 1.82 bits per heavy atom. The zero-order valence-electron chi connectivity index (χ0n) is 21.2. The van der Waals surface area contributed by atoms with E-state index in [0.717, 1.165) is 7.11 Å². The van der Waals surface area contributed by atoms with E-state index >= 15 is 0 Å². The monoisotopic (exact) mass is 571 g/mol. The Morgan fingerprint density at radius 1 is 1.10 bits per heavy atom. The normalized spacial score (nSPS) is 19.9. The fourth-order valence-electron chi connectivity index (χ4n) is 4.00. The number of carbonyl (C=O) groups is 1. The average Bonchev–Trinajstić information content (AvgIpc) is 3.39. The third kappa shape index (κ3) is 5.96. The highest BCUT2D eigenvalue weighted by atomic mass is 19.4. The third-order valence-electron chi connectivity index (χ3n) is 6.07. The molecule has 1 aliphatic rings. The van der Waals surface area contributed by atoms with Gasteiger partial charge >= 0.3 is 18.3 Å². The van der Waals surface area contributed by atoms with Crippen molar-refractivity contribution in [2.75, 3.05) is 7.11 Å². The number of aromatic nitrogens is 3. The van der Waals surface area contributed by atoms with Crippen LogP contribution in [0.25, 0.3) is 11.6 Å². The molecular formula is C26H23F6N3O5. The molecule has 0 fully saturated rings. The fourth-order valence-corrected chi connectivity index (χ4v) is 4.00. The number of nitrogens with zero attached hydrogens (tertiary/aromatic N) is 3. The van der Waals surface area contributed by atoms with Crippen molar-refractivity contribution in [1.29, 1.82) is 0 Å². The molecule has 0 radical (unpaired) electrons. The van der Waals surface area contributed by atoms with Gasteiger partial charge in [-0.15, -0.1) is 10.2 Å². The maximum Gasteiger partial charge on any atom is 0.426 e. The molecule has 2 aromatic heterocycles. The Balaban J connectivity index is 1.92. The number of rotatable bonds is 4. The summed E-state index contributed by atoms with van der Waals surface area (Å²) in [5.74, 6) is -3.95. The molecule has 0 amide bonds. The van der Waals surface area contributed by atoms with Crippen molar-refractivity contribution in [2.45, 2.75) is 56.9 Å². The van der Waals surface area contributed by atoms with E-state index in [2.05, 4.69) is 19.9 Å². The first-order chi connectivity index (χ1) is 18.9. The number of pyridine rings is 1. The molecule has 40 heavy (non-hydrogen) atoms. The Labute approximate surface area is 224 Å². The van der Waals surface area contributed by atoms with Gasteiger partial charge < -0.3 is 18.6 Å². The van der Waals surface area contributed by atoms with E-state index in [4.69, 9.17) is 13.9 Å². The number of benzene rings is 1. The minimum absolute atomic E-state index is 0.0509. The highest BCUT2D eigenvalue weighted by Gasteiger charge is 2.61. The van der Waals surface area contributed by atoms with Gasteiger partial charge in [-0.1, -0.05) is 42.5 Å². The first kappa shape index (κ1) is 29.1. The van der Waals surface area contributed by atoms with Crippen molar-refractivity contribution in [3.05, 3.63) is 71.1 Å². The van der Waals surface area contributed by atoms with Gasteiger partial charge in [0.15, 0.2) is 0 Å². The minimum Gasteiger partial charge on any atom is -0.474 e. The second kappa shape index (κ2) is 11.3. The van der Waals surface area contributed by atoms with Gasteiger partial charge in [0.2, 0.25) is 11.5 Å².